The largest absolute Gasteiger partial charge is 0.375 e. The van der Waals surface area contributed by atoms with Crippen LogP contribution < -0.4 is 11.1 Å². The van der Waals surface area contributed by atoms with Crippen molar-refractivity contribution < 1.29 is 4.79 Å². The number of thiazole rings is 2. The summed E-state index contributed by atoms with van der Waals surface area (Å²) in [7, 11) is 4.35. The van der Waals surface area contributed by atoms with Crippen LogP contribution in [0.1, 0.15) is 70.7 Å². The Bertz CT molecular complexity index is 1920. The number of hydrogen-bond donors (Lipinski definition) is 2. The lowest BCUT2D eigenvalue weighted by molar-refractivity contribution is -0.114. The number of likely N-dealkylation sites (N-methyl/N-ethyl adjacent to an activating group) is 2. The molecule has 0 saturated carbocycles. The molecule has 49 heavy (non-hydrogen) atoms. The van der Waals surface area contributed by atoms with Crippen molar-refractivity contribution in [1.29, 1.82) is 0 Å². The molecule has 6 rings (SSSR count). The average molecular weight is 701 g/mol. The number of anilines is 2. The zero-order chi connectivity index (χ0) is 35.1. The molecule has 3 N–H and O–H groups in total. The Balaban J connectivity index is 0.000000192. The van der Waals surface area contributed by atoms with Gasteiger partial charge in [0.2, 0.25) is 5.91 Å². The number of nitrogens with one attached hydrogen (secondary N) is 1. The number of nitrogens with two attached hydrogens (primary N) is 1. The second-order valence-electron chi connectivity index (χ2n) is 12.2. The predicted molar refractivity (Wildman–Crippen MR) is 203 cm³/mol. The molecule has 0 bridgehead atoms. The fourth-order valence-corrected chi connectivity index (χ4v) is 8.29. The van der Waals surface area contributed by atoms with Gasteiger partial charge < -0.3 is 30.0 Å². The van der Waals surface area contributed by atoms with Gasteiger partial charge >= 0.3 is 0 Å². The number of nitrogen functional groups attached to an aromatic ring is 1. The van der Waals surface area contributed by atoms with Crippen LogP contribution in [0.4, 0.5) is 10.3 Å². The van der Waals surface area contributed by atoms with Crippen molar-refractivity contribution in [1.82, 2.24) is 38.9 Å². The molecule has 4 atom stereocenters. The van der Waals surface area contributed by atoms with E-state index in [1.54, 1.807) is 11.3 Å². The zero-order valence-corrected chi connectivity index (χ0v) is 31.1. The Labute approximate surface area is 296 Å². The number of nitrogens with zero attached hydrogens (tertiary/aromatic N) is 8. The number of carbonyl (C=O) groups is 1. The fourth-order valence-electron chi connectivity index (χ4n) is 6.55. The lowest BCUT2D eigenvalue weighted by atomic mass is 9.95. The fraction of sp³-hybridized carbons (Fsp3) is 0.417. The topological polar surface area (TPSA) is 123 Å². The number of fused-ring (bicyclic) bond motifs is 2. The molecule has 0 aliphatic carbocycles. The highest BCUT2D eigenvalue weighted by Crippen LogP contribution is 2.34. The molecule has 1 amide bonds. The summed E-state index contributed by atoms with van der Waals surface area (Å²) in [4.78, 5) is 33.4. The summed E-state index contributed by atoms with van der Waals surface area (Å²) in [5.41, 5.74) is 10.2. The molecule has 0 saturated heterocycles. The molecule has 13 heteroatoms. The van der Waals surface area contributed by atoms with Crippen LogP contribution in [0.25, 0.3) is 20.4 Å². The van der Waals surface area contributed by atoms with E-state index in [0.717, 1.165) is 46.4 Å². The van der Waals surface area contributed by atoms with Crippen LogP contribution in [0.15, 0.2) is 73.8 Å². The Morgan fingerprint density at radius 2 is 1.29 bits per heavy atom. The third-order valence-electron chi connectivity index (χ3n) is 9.20. The van der Waals surface area contributed by atoms with E-state index >= 15 is 0 Å². The Kier molecular flexibility index (Phi) is 12.2. The van der Waals surface area contributed by atoms with Gasteiger partial charge in [-0.25, -0.2) is 19.9 Å². The molecule has 0 radical (unpaired) electrons. The van der Waals surface area contributed by atoms with E-state index in [1.807, 2.05) is 43.5 Å². The van der Waals surface area contributed by atoms with Crippen LogP contribution in [-0.2, 0) is 4.79 Å². The van der Waals surface area contributed by atoms with Gasteiger partial charge in [0.25, 0.3) is 0 Å². The van der Waals surface area contributed by atoms with E-state index in [9.17, 15) is 4.79 Å². The Morgan fingerprint density at radius 1 is 0.796 bits per heavy atom. The van der Waals surface area contributed by atoms with Crippen LogP contribution in [0.5, 0.6) is 0 Å². The number of imidazole rings is 2. The second kappa shape index (κ2) is 16.5. The van der Waals surface area contributed by atoms with Crippen molar-refractivity contribution in [3.05, 3.63) is 85.0 Å². The monoisotopic (exact) mass is 700 g/mol. The first-order valence-corrected chi connectivity index (χ1v) is 18.5. The first-order valence-electron chi connectivity index (χ1n) is 16.9. The summed E-state index contributed by atoms with van der Waals surface area (Å²) in [6, 6.07) is 14.0. The Hall–Kier alpha value is -4.17. The summed E-state index contributed by atoms with van der Waals surface area (Å²) in [5.74, 6) is -0.101. The number of hydrogen-bond acceptors (Lipinski definition) is 10. The third-order valence-corrected chi connectivity index (χ3v) is 11.0. The summed E-state index contributed by atoms with van der Waals surface area (Å²) < 4.78 is 6.59. The maximum absolute atomic E-state index is 11.3. The number of rotatable bonds is 13. The number of amides is 1. The minimum atomic E-state index is -0.101. The van der Waals surface area contributed by atoms with Crippen molar-refractivity contribution in [2.24, 2.45) is 0 Å². The number of carbonyl (C=O) groups excluding carboxylic acids is 1. The van der Waals surface area contributed by atoms with E-state index in [0.29, 0.717) is 22.3 Å². The van der Waals surface area contributed by atoms with Gasteiger partial charge in [0.15, 0.2) is 10.3 Å². The van der Waals surface area contributed by atoms with E-state index in [1.165, 1.54) is 29.4 Å². The van der Waals surface area contributed by atoms with Crippen LogP contribution in [0.2, 0.25) is 0 Å². The molecule has 4 heterocycles. The van der Waals surface area contributed by atoms with Crippen molar-refractivity contribution in [3.8, 4) is 0 Å². The van der Waals surface area contributed by atoms with Gasteiger partial charge in [-0.3, -0.25) is 4.79 Å². The maximum atomic E-state index is 11.3. The molecule has 4 unspecified atom stereocenters. The minimum absolute atomic E-state index is 0.101. The van der Waals surface area contributed by atoms with Gasteiger partial charge in [-0.05, 0) is 75.4 Å². The van der Waals surface area contributed by atoms with E-state index < -0.39 is 0 Å². The summed E-state index contributed by atoms with van der Waals surface area (Å²) in [6.45, 7) is 12.3. The maximum Gasteiger partial charge on any atom is 0.223 e. The summed E-state index contributed by atoms with van der Waals surface area (Å²) >= 11 is 3.05. The zero-order valence-electron chi connectivity index (χ0n) is 29.4. The smallest absolute Gasteiger partial charge is 0.223 e. The van der Waals surface area contributed by atoms with Gasteiger partial charge in [0, 0.05) is 43.8 Å². The van der Waals surface area contributed by atoms with Crippen molar-refractivity contribution in [2.75, 3.05) is 38.2 Å². The quantitative estimate of drug-likeness (QED) is 0.130. The first-order chi connectivity index (χ1) is 23.7. The van der Waals surface area contributed by atoms with Gasteiger partial charge in [-0.15, -0.1) is 0 Å². The molecule has 0 aliphatic heterocycles. The van der Waals surface area contributed by atoms with Crippen molar-refractivity contribution in [2.45, 2.75) is 71.6 Å². The minimum Gasteiger partial charge on any atom is -0.375 e. The van der Waals surface area contributed by atoms with E-state index in [-0.39, 0.29) is 18.0 Å². The molecular formula is C36H48N10OS2. The van der Waals surface area contributed by atoms with Crippen LogP contribution >= 0.6 is 22.7 Å². The molecule has 4 aromatic heterocycles. The highest BCUT2D eigenvalue weighted by molar-refractivity contribution is 7.22. The molecule has 6 aromatic rings. The normalized spacial score (nSPS) is 14.1. The number of aromatic nitrogens is 6. The molecule has 0 aliphatic rings. The van der Waals surface area contributed by atoms with E-state index in [4.69, 9.17) is 5.73 Å². The van der Waals surface area contributed by atoms with Crippen LogP contribution in [0.3, 0.4) is 0 Å². The van der Waals surface area contributed by atoms with Crippen molar-refractivity contribution >= 4 is 59.3 Å². The van der Waals surface area contributed by atoms with Gasteiger partial charge in [0.05, 0.1) is 45.2 Å². The highest BCUT2D eigenvalue weighted by Gasteiger charge is 2.28. The third kappa shape index (κ3) is 8.35. The lowest BCUT2D eigenvalue weighted by Gasteiger charge is -2.34. The van der Waals surface area contributed by atoms with Crippen molar-refractivity contribution in [3.63, 3.8) is 0 Å². The molecule has 2 aromatic carbocycles. The average Bonchev–Trinajstić information content (AvgIpc) is 3.92. The first kappa shape index (κ1) is 36.1. The molecule has 0 fully saturated rings. The lowest BCUT2D eigenvalue weighted by Crippen LogP contribution is -2.39. The van der Waals surface area contributed by atoms with Gasteiger partial charge in [-0.2, -0.15) is 0 Å². The highest BCUT2D eigenvalue weighted by atomic mass is 32.1. The summed E-state index contributed by atoms with van der Waals surface area (Å²) in [6.07, 6.45) is 13.6. The molecular weight excluding hydrogens is 653 g/mol. The molecule has 260 valence electrons. The van der Waals surface area contributed by atoms with Crippen LogP contribution in [0, 0.1) is 0 Å². The summed E-state index contributed by atoms with van der Waals surface area (Å²) in [5, 5.41) is 4.04. The van der Waals surface area contributed by atoms with Gasteiger partial charge in [0.1, 0.15) is 0 Å². The second-order valence-corrected chi connectivity index (χ2v) is 14.3. The van der Waals surface area contributed by atoms with Crippen LogP contribution in [-0.4, -0.2) is 84.0 Å². The predicted octanol–water partition coefficient (Wildman–Crippen LogP) is 7.17. The molecule has 0 spiro atoms. The SMILES string of the molecule is CCC(C(c1ccc2nc(N)sc2c1)n1ccnc1)N(C)CC.CCC(C(c1ccc2nc(NC(C)=O)sc2c1)n1ccnc1)N(C)CC. The Morgan fingerprint density at radius 3 is 1.71 bits per heavy atom. The number of benzene rings is 2. The van der Waals surface area contributed by atoms with E-state index in [2.05, 4.69) is 116 Å². The molecule has 11 nitrogen and oxygen atoms in total. The van der Waals surface area contributed by atoms with Gasteiger partial charge in [-0.1, -0.05) is 62.5 Å². The standard InChI is InChI=1S/C19H25N5OS.C17H23N5S/c1-5-16(23(4)6-2)18(24-10-9-20-12-24)14-7-8-15-17(11-14)26-19(22-15)21-13(3)25;1-4-14(21(3)5-2)16(22-9-8-19-11-22)12-6-7-13-15(10-12)23-17(18)20-13/h7-12,16,18H,5-6H2,1-4H3,(H,21,22,25);6-11,14,16H,4-5H2,1-3H3,(H2,18,20).